The van der Waals surface area contributed by atoms with Gasteiger partial charge in [-0.15, -0.1) is 0 Å². The van der Waals surface area contributed by atoms with Crippen LogP contribution in [0.15, 0.2) is 84.9 Å². The molecular weight excluding hydrogens is 348 g/mol. The van der Waals surface area contributed by atoms with Gasteiger partial charge in [-0.05, 0) is 42.0 Å². The van der Waals surface area contributed by atoms with E-state index in [0.717, 1.165) is 43.2 Å². The number of hydrogen-bond acceptors (Lipinski definition) is 3. The molecule has 1 heterocycles. The molecule has 0 N–H and O–H groups in total. The van der Waals surface area contributed by atoms with Gasteiger partial charge in [-0.2, -0.15) is 0 Å². The Morgan fingerprint density at radius 2 is 1.43 bits per heavy atom. The summed E-state index contributed by atoms with van der Waals surface area (Å²) in [4.78, 5) is 17.5. The summed E-state index contributed by atoms with van der Waals surface area (Å²) in [6.45, 7) is 3.81. The molecule has 0 atom stereocenters. The van der Waals surface area contributed by atoms with Crippen molar-refractivity contribution in [1.82, 2.24) is 0 Å². The molecule has 0 aliphatic carbocycles. The molecule has 0 aromatic heterocycles. The molecule has 0 saturated carbocycles. The van der Waals surface area contributed by atoms with Crippen LogP contribution in [0.5, 0.6) is 0 Å². The molecule has 1 aliphatic heterocycles. The minimum Gasteiger partial charge on any atom is -0.378 e. The third-order valence-electron chi connectivity index (χ3n) is 4.99. The quantitative estimate of drug-likeness (QED) is 0.667. The van der Waals surface area contributed by atoms with Gasteiger partial charge in [-0.1, -0.05) is 48.5 Å². The van der Waals surface area contributed by atoms with Gasteiger partial charge in [-0.3, -0.25) is 4.79 Å². The lowest BCUT2D eigenvalue weighted by atomic mass is 10.1. The van der Waals surface area contributed by atoms with Crippen LogP contribution in [-0.2, 0) is 11.3 Å². The zero-order chi connectivity index (χ0) is 19.2. The fraction of sp³-hybridized carbons (Fsp3) is 0.208. The van der Waals surface area contributed by atoms with E-state index < -0.39 is 0 Å². The van der Waals surface area contributed by atoms with Crippen LogP contribution in [0.2, 0.25) is 0 Å². The van der Waals surface area contributed by atoms with Crippen molar-refractivity contribution >= 4 is 17.3 Å². The second kappa shape index (κ2) is 8.72. The normalized spacial score (nSPS) is 13.9. The maximum absolute atomic E-state index is 13.3. The first-order valence-corrected chi connectivity index (χ1v) is 9.65. The SMILES string of the molecule is O=C(c1ccc(N2CCOCC2)cc1)N(Cc1ccccc1)c1ccccc1. The molecule has 0 spiro atoms. The summed E-state index contributed by atoms with van der Waals surface area (Å²) in [6, 6.07) is 27.8. The van der Waals surface area contributed by atoms with Crippen LogP contribution in [-0.4, -0.2) is 32.2 Å². The lowest BCUT2D eigenvalue weighted by molar-refractivity contribution is 0.0985. The van der Waals surface area contributed by atoms with E-state index >= 15 is 0 Å². The second-order valence-electron chi connectivity index (χ2n) is 6.86. The molecule has 3 aromatic carbocycles. The van der Waals surface area contributed by atoms with Crippen LogP contribution < -0.4 is 9.80 Å². The van der Waals surface area contributed by atoms with Crippen molar-refractivity contribution in [3.63, 3.8) is 0 Å². The molecule has 0 bridgehead atoms. The summed E-state index contributed by atoms with van der Waals surface area (Å²) in [6.07, 6.45) is 0. The van der Waals surface area contributed by atoms with E-state index in [4.69, 9.17) is 4.74 Å². The van der Waals surface area contributed by atoms with Gasteiger partial charge < -0.3 is 14.5 Å². The van der Waals surface area contributed by atoms with Gasteiger partial charge in [0.2, 0.25) is 0 Å². The Balaban J connectivity index is 1.58. The predicted octanol–water partition coefficient (Wildman–Crippen LogP) is 4.37. The molecule has 3 aromatic rings. The average Bonchev–Trinajstić information content (AvgIpc) is 2.79. The molecule has 28 heavy (non-hydrogen) atoms. The maximum atomic E-state index is 13.3. The van der Waals surface area contributed by atoms with E-state index in [-0.39, 0.29) is 5.91 Å². The summed E-state index contributed by atoms with van der Waals surface area (Å²) in [5, 5.41) is 0. The Morgan fingerprint density at radius 3 is 2.07 bits per heavy atom. The van der Waals surface area contributed by atoms with Gasteiger partial charge in [0.05, 0.1) is 19.8 Å². The van der Waals surface area contributed by atoms with Crippen LogP contribution in [0.1, 0.15) is 15.9 Å². The minimum absolute atomic E-state index is 0.00332. The molecule has 1 amide bonds. The van der Waals surface area contributed by atoms with Crippen LogP contribution in [0.4, 0.5) is 11.4 Å². The number of ether oxygens (including phenoxy) is 1. The molecule has 142 valence electrons. The zero-order valence-corrected chi connectivity index (χ0v) is 15.8. The van der Waals surface area contributed by atoms with Gasteiger partial charge in [0.1, 0.15) is 0 Å². The highest BCUT2D eigenvalue weighted by molar-refractivity contribution is 6.06. The molecule has 0 radical (unpaired) electrons. The van der Waals surface area contributed by atoms with Crippen LogP contribution in [0.3, 0.4) is 0 Å². The highest BCUT2D eigenvalue weighted by atomic mass is 16.5. The van der Waals surface area contributed by atoms with Crippen molar-refractivity contribution in [1.29, 1.82) is 0 Å². The highest BCUT2D eigenvalue weighted by Crippen LogP contribution is 2.22. The largest absolute Gasteiger partial charge is 0.378 e. The summed E-state index contributed by atoms with van der Waals surface area (Å²) >= 11 is 0. The van der Waals surface area contributed by atoms with Crippen molar-refractivity contribution in [2.75, 3.05) is 36.1 Å². The molecule has 0 unspecified atom stereocenters. The molecule has 1 fully saturated rings. The number of carbonyl (C=O) groups is 1. The van der Waals surface area contributed by atoms with Crippen molar-refractivity contribution in [2.45, 2.75) is 6.54 Å². The first-order chi connectivity index (χ1) is 13.8. The van der Waals surface area contributed by atoms with Gasteiger partial charge in [0.25, 0.3) is 5.91 Å². The smallest absolute Gasteiger partial charge is 0.258 e. The van der Waals surface area contributed by atoms with Crippen molar-refractivity contribution in [3.05, 3.63) is 96.1 Å². The number of nitrogens with zero attached hydrogens (tertiary/aromatic N) is 2. The molecular formula is C24H24N2O2. The van der Waals surface area contributed by atoms with Crippen molar-refractivity contribution in [2.24, 2.45) is 0 Å². The van der Waals surface area contributed by atoms with Gasteiger partial charge in [-0.25, -0.2) is 0 Å². The fourth-order valence-electron chi connectivity index (χ4n) is 3.45. The number of hydrogen-bond donors (Lipinski definition) is 0. The number of rotatable bonds is 5. The Morgan fingerprint density at radius 1 is 0.821 bits per heavy atom. The van der Waals surface area contributed by atoms with E-state index in [0.29, 0.717) is 12.1 Å². The average molecular weight is 372 g/mol. The highest BCUT2D eigenvalue weighted by Gasteiger charge is 2.19. The summed E-state index contributed by atoms with van der Waals surface area (Å²) in [5.74, 6) is 0.00332. The number of anilines is 2. The standard InChI is InChI=1S/C24H24N2O2/c27-24(21-11-13-22(14-12-21)25-15-17-28-18-16-25)26(23-9-5-2-6-10-23)19-20-7-3-1-4-8-20/h1-14H,15-19H2. The van der Waals surface area contributed by atoms with Crippen LogP contribution in [0, 0.1) is 0 Å². The maximum Gasteiger partial charge on any atom is 0.258 e. The zero-order valence-electron chi connectivity index (χ0n) is 15.8. The lowest BCUT2D eigenvalue weighted by Crippen LogP contribution is -2.36. The summed E-state index contributed by atoms with van der Waals surface area (Å²) in [7, 11) is 0. The van der Waals surface area contributed by atoms with Gasteiger partial charge >= 0.3 is 0 Å². The number of carbonyl (C=O) groups excluding carboxylic acids is 1. The van der Waals surface area contributed by atoms with E-state index in [9.17, 15) is 4.79 Å². The Bertz CT molecular complexity index is 889. The Kier molecular flexibility index (Phi) is 5.69. The van der Waals surface area contributed by atoms with Gasteiger partial charge in [0, 0.05) is 30.0 Å². The number of benzene rings is 3. The monoisotopic (exact) mass is 372 g/mol. The van der Waals surface area contributed by atoms with E-state index in [1.165, 1.54) is 0 Å². The predicted molar refractivity (Wildman–Crippen MR) is 113 cm³/mol. The molecule has 4 rings (SSSR count). The first kappa shape index (κ1) is 18.3. The fourth-order valence-corrected chi connectivity index (χ4v) is 3.45. The summed E-state index contributed by atoms with van der Waals surface area (Å²) in [5.41, 5.74) is 3.82. The third-order valence-corrected chi connectivity index (χ3v) is 4.99. The van der Waals surface area contributed by atoms with Crippen LogP contribution >= 0.6 is 0 Å². The van der Waals surface area contributed by atoms with E-state index in [2.05, 4.69) is 4.90 Å². The van der Waals surface area contributed by atoms with Crippen molar-refractivity contribution in [3.8, 4) is 0 Å². The van der Waals surface area contributed by atoms with E-state index in [1.807, 2.05) is 89.8 Å². The van der Waals surface area contributed by atoms with Crippen LogP contribution in [0.25, 0.3) is 0 Å². The second-order valence-corrected chi connectivity index (χ2v) is 6.86. The lowest BCUT2D eigenvalue weighted by Gasteiger charge is -2.29. The topological polar surface area (TPSA) is 32.8 Å². The number of amides is 1. The van der Waals surface area contributed by atoms with Gasteiger partial charge in [0.15, 0.2) is 0 Å². The summed E-state index contributed by atoms with van der Waals surface area (Å²) < 4.78 is 5.42. The number of para-hydroxylation sites is 1. The van der Waals surface area contributed by atoms with Crippen molar-refractivity contribution < 1.29 is 9.53 Å². The molecule has 4 nitrogen and oxygen atoms in total. The molecule has 1 aliphatic rings. The molecule has 1 saturated heterocycles. The first-order valence-electron chi connectivity index (χ1n) is 9.65. The number of morpholine rings is 1. The Hall–Kier alpha value is -3.11. The molecule has 4 heteroatoms. The Labute approximate surface area is 166 Å². The minimum atomic E-state index is 0.00332. The third kappa shape index (κ3) is 4.24. The van der Waals surface area contributed by atoms with E-state index in [1.54, 1.807) is 0 Å².